The number of carbonyl (C=O) groups is 2. The minimum Gasteiger partial charge on any atom is -0.481 e. The van der Waals surface area contributed by atoms with Crippen molar-refractivity contribution in [1.29, 1.82) is 0 Å². The van der Waals surface area contributed by atoms with Crippen LogP contribution >= 0.6 is 0 Å². The van der Waals surface area contributed by atoms with Crippen molar-refractivity contribution in [2.45, 2.75) is 50.3 Å². The van der Waals surface area contributed by atoms with Crippen LogP contribution in [0.1, 0.15) is 41.7 Å². The highest BCUT2D eigenvalue weighted by Gasteiger charge is 2.40. The summed E-state index contributed by atoms with van der Waals surface area (Å²) in [7, 11) is 2.15. The summed E-state index contributed by atoms with van der Waals surface area (Å²) in [5.74, 6) is -1.34. The summed E-state index contributed by atoms with van der Waals surface area (Å²) in [5.41, 5.74) is 1.39. The van der Waals surface area contributed by atoms with E-state index in [1.807, 2.05) is 0 Å². The fourth-order valence-electron chi connectivity index (χ4n) is 4.23. The first-order valence-corrected chi connectivity index (χ1v) is 8.63. The molecule has 2 fully saturated rings. The molecule has 4 rings (SSSR count). The van der Waals surface area contributed by atoms with E-state index in [4.69, 9.17) is 9.84 Å². The van der Waals surface area contributed by atoms with E-state index in [1.54, 1.807) is 18.2 Å². The Morgan fingerprint density at radius 3 is 2.72 bits per heavy atom. The number of rotatable bonds is 4. The molecule has 0 aliphatic carbocycles. The van der Waals surface area contributed by atoms with Gasteiger partial charge in [-0.15, -0.1) is 0 Å². The molecule has 3 atom stereocenters. The van der Waals surface area contributed by atoms with E-state index in [9.17, 15) is 9.59 Å². The molecule has 132 valence electrons. The third-order valence-corrected chi connectivity index (χ3v) is 5.54. The zero-order valence-corrected chi connectivity index (χ0v) is 14.1. The Labute approximate surface area is 145 Å². The first-order chi connectivity index (χ1) is 12.0. The number of para-hydroxylation sites is 1. The van der Waals surface area contributed by atoms with E-state index in [0.29, 0.717) is 34.2 Å². The molecule has 2 saturated heterocycles. The second-order valence-corrected chi connectivity index (χ2v) is 7.03. The number of piperidine rings is 1. The van der Waals surface area contributed by atoms with Crippen molar-refractivity contribution in [3.63, 3.8) is 0 Å². The monoisotopic (exact) mass is 343 g/mol. The molecular weight excluding hydrogens is 322 g/mol. The first-order valence-electron chi connectivity index (χ1n) is 8.63. The second kappa shape index (κ2) is 6.15. The molecule has 0 amide bonds. The molecule has 7 heteroatoms. The summed E-state index contributed by atoms with van der Waals surface area (Å²) in [6, 6.07) is 6.21. The van der Waals surface area contributed by atoms with E-state index in [-0.39, 0.29) is 12.5 Å². The number of hydrogen-bond donors (Lipinski definition) is 2. The van der Waals surface area contributed by atoms with E-state index in [2.05, 4.69) is 22.1 Å². The molecule has 2 N–H and O–H groups in total. The fraction of sp³-hybridized carbons (Fsp3) is 0.500. The highest BCUT2D eigenvalue weighted by Crippen LogP contribution is 2.35. The number of hydrogen-bond acceptors (Lipinski definition) is 5. The summed E-state index contributed by atoms with van der Waals surface area (Å²) >= 11 is 0. The van der Waals surface area contributed by atoms with Gasteiger partial charge in [0, 0.05) is 30.3 Å². The van der Waals surface area contributed by atoms with E-state index < -0.39 is 11.9 Å². The molecule has 2 aliphatic heterocycles. The van der Waals surface area contributed by atoms with Crippen LogP contribution in [0.4, 0.5) is 0 Å². The van der Waals surface area contributed by atoms with Gasteiger partial charge < -0.3 is 14.7 Å². The van der Waals surface area contributed by atoms with Crippen molar-refractivity contribution in [2.24, 2.45) is 0 Å². The smallest absolute Gasteiger partial charge is 0.357 e. The second-order valence-electron chi connectivity index (χ2n) is 7.03. The van der Waals surface area contributed by atoms with Gasteiger partial charge in [-0.05, 0) is 25.5 Å². The Morgan fingerprint density at radius 2 is 2.04 bits per heavy atom. The number of nitrogens with zero attached hydrogens (tertiary/aromatic N) is 2. The molecule has 2 aliphatic rings. The van der Waals surface area contributed by atoms with Crippen LogP contribution < -0.4 is 0 Å². The maximum absolute atomic E-state index is 12.6. The number of nitrogens with one attached hydrogen (secondary N) is 1. The average molecular weight is 343 g/mol. The molecule has 25 heavy (non-hydrogen) atoms. The van der Waals surface area contributed by atoms with Crippen LogP contribution in [0, 0.1) is 0 Å². The summed E-state index contributed by atoms with van der Waals surface area (Å²) in [6.45, 7) is 0. The highest BCUT2D eigenvalue weighted by atomic mass is 16.5. The number of esters is 1. The third-order valence-electron chi connectivity index (χ3n) is 5.54. The molecule has 3 heterocycles. The molecule has 0 saturated carbocycles. The number of aromatic nitrogens is 2. The SMILES string of the molecule is CN1[C@@H]2CC[C@H]1CC(OC(=O)c1[nH]nc3c(CC(=O)O)cccc13)C2. The van der Waals surface area contributed by atoms with Gasteiger partial charge in [-0.25, -0.2) is 4.79 Å². The largest absolute Gasteiger partial charge is 0.481 e. The molecule has 2 aromatic rings. The van der Waals surface area contributed by atoms with Crippen molar-refractivity contribution < 1.29 is 19.4 Å². The molecular formula is C18H21N3O4. The van der Waals surface area contributed by atoms with E-state index in [1.165, 1.54) is 12.8 Å². The Bertz CT molecular complexity index is 817. The molecule has 1 unspecified atom stereocenters. The number of aromatic amines is 1. The lowest BCUT2D eigenvalue weighted by atomic mass is 10.0. The Hall–Kier alpha value is -2.41. The summed E-state index contributed by atoms with van der Waals surface area (Å²) in [6.07, 6.45) is 3.88. The Balaban J connectivity index is 1.54. The third kappa shape index (κ3) is 2.89. The van der Waals surface area contributed by atoms with Gasteiger partial charge in [0.05, 0.1) is 11.9 Å². The average Bonchev–Trinajstić information content (AvgIpc) is 3.06. The summed E-state index contributed by atoms with van der Waals surface area (Å²) < 4.78 is 5.74. The molecule has 0 spiro atoms. The normalized spacial score (nSPS) is 26.0. The quantitative estimate of drug-likeness (QED) is 0.824. The van der Waals surface area contributed by atoms with Gasteiger partial charge in [0.25, 0.3) is 0 Å². The number of aliphatic carboxylic acids is 1. The van der Waals surface area contributed by atoms with Crippen molar-refractivity contribution >= 4 is 22.8 Å². The lowest BCUT2D eigenvalue weighted by molar-refractivity contribution is -0.136. The van der Waals surface area contributed by atoms with Crippen LogP contribution in [0.3, 0.4) is 0 Å². The van der Waals surface area contributed by atoms with Gasteiger partial charge >= 0.3 is 11.9 Å². The summed E-state index contributed by atoms with van der Waals surface area (Å²) in [5, 5.41) is 16.5. The number of carboxylic acid groups (broad SMARTS) is 1. The van der Waals surface area contributed by atoms with Gasteiger partial charge in [0.2, 0.25) is 0 Å². The maximum Gasteiger partial charge on any atom is 0.357 e. The number of fused-ring (bicyclic) bond motifs is 3. The molecule has 1 aromatic heterocycles. The maximum atomic E-state index is 12.6. The Morgan fingerprint density at radius 1 is 1.32 bits per heavy atom. The molecule has 2 bridgehead atoms. The topological polar surface area (TPSA) is 95.5 Å². The fourth-order valence-corrected chi connectivity index (χ4v) is 4.23. The van der Waals surface area contributed by atoms with Crippen molar-refractivity contribution in [1.82, 2.24) is 15.1 Å². The highest BCUT2D eigenvalue weighted by molar-refractivity contribution is 6.03. The van der Waals surface area contributed by atoms with Crippen LogP contribution in [0.2, 0.25) is 0 Å². The number of H-pyrrole nitrogens is 1. The van der Waals surface area contributed by atoms with Crippen LogP contribution in [-0.4, -0.2) is 57.4 Å². The zero-order valence-electron chi connectivity index (χ0n) is 14.1. The van der Waals surface area contributed by atoms with Crippen LogP contribution in [-0.2, 0) is 16.0 Å². The van der Waals surface area contributed by atoms with Gasteiger partial charge in [0.15, 0.2) is 5.69 Å². The zero-order chi connectivity index (χ0) is 17.6. The molecule has 7 nitrogen and oxygen atoms in total. The minimum atomic E-state index is -0.929. The minimum absolute atomic E-state index is 0.0678. The van der Waals surface area contributed by atoms with Crippen LogP contribution in [0.25, 0.3) is 10.9 Å². The van der Waals surface area contributed by atoms with Gasteiger partial charge in [-0.3, -0.25) is 9.89 Å². The predicted molar refractivity (Wildman–Crippen MR) is 90.4 cm³/mol. The number of carbonyl (C=O) groups excluding carboxylic acids is 1. The number of ether oxygens (including phenoxy) is 1. The molecule has 1 aromatic carbocycles. The number of benzene rings is 1. The van der Waals surface area contributed by atoms with E-state index >= 15 is 0 Å². The summed E-state index contributed by atoms with van der Waals surface area (Å²) in [4.78, 5) is 26.0. The van der Waals surface area contributed by atoms with Gasteiger partial charge in [0.1, 0.15) is 6.10 Å². The van der Waals surface area contributed by atoms with Gasteiger partial charge in [-0.2, -0.15) is 5.10 Å². The first kappa shape index (κ1) is 16.1. The van der Waals surface area contributed by atoms with Gasteiger partial charge in [-0.1, -0.05) is 18.2 Å². The van der Waals surface area contributed by atoms with Crippen LogP contribution in [0.5, 0.6) is 0 Å². The lowest BCUT2D eigenvalue weighted by Crippen LogP contribution is -2.43. The number of carboxylic acids is 1. The van der Waals surface area contributed by atoms with Crippen LogP contribution in [0.15, 0.2) is 18.2 Å². The molecule has 0 radical (unpaired) electrons. The standard InChI is InChI=1S/C18H21N3O4/c1-21-11-5-6-12(21)9-13(8-11)25-18(24)17-14-4-2-3-10(7-15(22)23)16(14)19-20-17/h2-4,11-13H,5-9H2,1H3,(H,19,20)(H,22,23)/t11-,12+,13?. The van der Waals surface area contributed by atoms with Crippen molar-refractivity contribution in [2.75, 3.05) is 7.05 Å². The van der Waals surface area contributed by atoms with Crippen molar-refractivity contribution in [3.8, 4) is 0 Å². The van der Waals surface area contributed by atoms with E-state index in [0.717, 1.165) is 12.8 Å². The Kier molecular flexibility index (Phi) is 3.95. The lowest BCUT2D eigenvalue weighted by Gasteiger charge is -2.35. The van der Waals surface area contributed by atoms with Crippen molar-refractivity contribution in [3.05, 3.63) is 29.5 Å². The predicted octanol–water partition coefficient (Wildman–Crippen LogP) is 1.97.